The maximum Gasteiger partial charge on any atom is 0.359 e. The Labute approximate surface area is 186 Å². The van der Waals surface area contributed by atoms with E-state index in [1.165, 1.54) is 0 Å². The molecule has 2 unspecified atom stereocenters. The molecular formula is C25H25N3O4. The Morgan fingerprint density at radius 2 is 1.91 bits per heavy atom. The van der Waals surface area contributed by atoms with Gasteiger partial charge < -0.3 is 14.8 Å². The molecule has 0 saturated carbocycles. The van der Waals surface area contributed by atoms with Crippen molar-refractivity contribution in [1.29, 1.82) is 0 Å². The first kappa shape index (κ1) is 20.3. The first-order chi connectivity index (χ1) is 15.6. The van der Waals surface area contributed by atoms with Crippen molar-refractivity contribution in [2.24, 2.45) is 0 Å². The third kappa shape index (κ3) is 3.75. The minimum atomic E-state index is -0.934. The summed E-state index contributed by atoms with van der Waals surface area (Å²) in [7, 11) is 0. The van der Waals surface area contributed by atoms with Crippen LogP contribution in [0.25, 0.3) is 5.69 Å². The predicted molar refractivity (Wildman–Crippen MR) is 118 cm³/mol. The molecule has 1 N–H and O–H groups in total. The molecule has 0 radical (unpaired) electrons. The van der Waals surface area contributed by atoms with E-state index < -0.39 is 12.1 Å². The molecule has 1 aromatic heterocycles. The molecule has 5 rings (SSSR count). The Morgan fingerprint density at radius 1 is 1.12 bits per heavy atom. The molecule has 0 spiro atoms. The van der Waals surface area contributed by atoms with E-state index in [4.69, 9.17) is 9.47 Å². The van der Waals surface area contributed by atoms with Gasteiger partial charge in [-0.2, -0.15) is 5.10 Å². The van der Waals surface area contributed by atoms with E-state index in [0.717, 1.165) is 47.5 Å². The maximum absolute atomic E-state index is 13.0. The third-order valence-electron chi connectivity index (χ3n) is 6.05. The van der Waals surface area contributed by atoms with Gasteiger partial charge in [-0.1, -0.05) is 36.4 Å². The largest absolute Gasteiger partial charge is 0.493 e. The summed E-state index contributed by atoms with van der Waals surface area (Å²) in [5.74, 6) is -0.122. The fourth-order valence-corrected chi connectivity index (χ4v) is 4.44. The van der Waals surface area contributed by atoms with Crippen molar-refractivity contribution in [3.05, 3.63) is 77.1 Å². The van der Waals surface area contributed by atoms with E-state index in [0.29, 0.717) is 18.7 Å². The first-order valence-electron chi connectivity index (χ1n) is 11.0. The second kappa shape index (κ2) is 8.49. The Morgan fingerprint density at radius 3 is 2.75 bits per heavy atom. The van der Waals surface area contributed by atoms with Gasteiger partial charge in [-0.25, -0.2) is 9.48 Å². The van der Waals surface area contributed by atoms with Gasteiger partial charge in [0.1, 0.15) is 5.75 Å². The van der Waals surface area contributed by atoms with Gasteiger partial charge in [-0.15, -0.1) is 0 Å². The van der Waals surface area contributed by atoms with Crippen molar-refractivity contribution in [2.45, 2.75) is 44.8 Å². The molecule has 1 amide bonds. The van der Waals surface area contributed by atoms with Gasteiger partial charge in [0.25, 0.3) is 5.91 Å². The van der Waals surface area contributed by atoms with Gasteiger partial charge in [0, 0.05) is 23.2 Å². The van der Waals surface area contributed by atoms with Crippen LogP contribution in [-0.4, -0.2) is 34.4 Å². The molecule has 7 nitrogen and oxygen atoms in total. The average molecular weight is 431 g/mol. The monoisotopic (exact) mass is 431 g/mol. The van der Waals surface area contributed by atoms with E-state index in [-0.39, 0.29) is 11.9 Å². The number of benzene rings is 2. The Bertz CT molecular complexity index is 1160. The minimum absolute atomic E-state index is 0.171. The lowest BCUT2D eigenvalue weighted by molar-refractivity contribution is -0.130. The number of nitrogens with zero attached hydrogens (tertiary/aromatic N) is 2. The molecule has 2 aliphatic rings. The topological polar surface area (TPSA) is 82.5 Å². The Kier molecular flexibility index (Phi) is 5.39. The number of para-hydroxylation sites is 2. The van der Waals surface area contributed by atoms with Crippen molar-refractivity contribution in [2.75, 3.05) is 6.61 Å². The van der Waals surface area contributed by atoms with Gasteiger partial charge in [0.15, 0.2) is 11.8 Å². The van der Waals surface area contributed by atoms with Gasteiger partial charge in [0.05, 0.1) is 18.3 Å². The van der Waals surface area contributed by atoms with Crippen molar-refractivity contribution in [3.8, 4) is 11.4 Å². The van der Waals surface area contributed by atoms with Crippen LogP contribution in [0.5, 0.6) is 5.75 Å². The van der Waals surface area contributed by atoms with Gasteiger partial charge in [0.2, 0.25) is 0 Å². The highest BCUT2D eigenvalue weighted by Gasteiger charge is 2.31. The molecule has 0 fully saturated rings. The molecular weight excluding hydrogens is 406 g/mol. The first-order valence-corrected chi connectivity index (χ1v) is 11.0. The predicted octanol–water partition coefficient (Wildman–Crippen LogP) is 3.55. The summed E-state index contributed by atoms with van der Waals surface area (Å²) in [4.78, 5) is 25.7. The molecule has 1 aliphatic carbocycles. The molecule has 0 bridgehead atoms. The third-order valence-corrected chi connectivity index (χ3v) is 6.05. The van der Waals surface area contributed by atoms with Crippen molar-refractivity contribution < 1.29 is 19.1 Å². The zero-order chi connectivity index (χ0) is 22.1. The van der Waals surface area contributed by atoms with Crippen LogP contribution < -0.4 is 10.1 Å². The molecule has 32 heavy (non-hydrogen) atoms. The van der Waals surface area contributed by atoms with Crippen LogP contribution in [0.15, 0.2) is 54.6 Å². The van der Waals surface area contributed by atoms with Crippen molar-refractivity contribution in [3.63, 3.8) is 0 Å². The zero-order valence-corrected chi connectivity index (χ0v) is 17.9. The number of rotatable bonds is 5. The zero-order valence-electron chi connectivity index (χ0n) is 17.9. The molecule has 1 aliphatic heterocycles. The molecule has 2 atom stereocenters. The quantitative estimate of drug-likeness (QED) is 0.625. The lowest BCUT2D eigenvalue weighted by Crippen LogP contribution is -2.39. The molecule has 7 heteroatoms. The number of aromatic nitrogens is 2. The summed E-state index contributed by atoms with van der Waals surface area (Å²) in [5.41, 5.74) is 4.11. The number of ether oxygens (including phenoxy) is 2. The van der Waals surface area contributed by atoms with Crippen LogP contribution in [0.4, 0.5) is 0 Å². The van der Waals surface area contributed by atoms with Crippen LogP contribution in [0.3, 0.4) is 0 Å². The lowest BCUT2D eigenvalue weighted by atomic mass is 10.0. The van der Waals surface area contributed by atoms with Crippen LogP contribution in [0.2, 0.25) is 0 Å². The normalized spacial score (nSPS) is 17.6. The maximum atomic E-state index is 13.0. The molecule has 2 aromatic carbocycles. The average Bonchev–Trinajstić information content (AvgIpc) is 3.43. The summed E-state index contributed by atoms with van der Waals surface area (Å²) in [5, 5.41) is 7.55. The van der Waals surface area contributed by atoms with Gasteiger partial charge >= 0.3 is 5.97 Å². The second-order valence-electron chi connectivity index (χ2n) is 8.16. The number of hydrogen-bond acceptors (Lipinski definition) is 5. The SMILES string of the molecule is CC(OC(=O)c1nn(-c2ccccc2)c2c1CCC2)C(=O)NC1CCOc2ccccc21. The lowest BCUT2D eigenvalue weighted by Gasteiger charge is -2.27. The number of amides is 1. The second-order valence-corrected chi connectivity index (χ2v) is 8.16. The number of nitrogens with one attached hydrogen (secondary N) is 1. The summed E-state index contributed by atoms with van der Waals surface area (Å²) < 4.78 is 13.0. The van der Waals surface area contributed by atoms with Crippen LogP contribution in [-0.2, 0) is 22.4 Å². The fourth-order valence-electron chi connectivity index (χ4n) is 4.44. The molecule has 2 heterocycles. The van der Waals surface area contributed by atoms with E-state index in [1.54, 1.807) is 6.92 Å². The summed E-state index contributed by atoms with van der Waals surface area (Å²) in [6, 6.07) is 17.2. The van der Waals surface area contributed by atoms with Crippen LogP contribution in [0, 0.1) is 0 Å². The van der Waals surface area contributed by atoms with Crippen molar-refractivity contribution >= 4 is 11.9 Å². The highest BCUT2D eigenvalue weighted by molar-refractivity contribution is 5.92. The number of carbonyl (C=O) groups excluding carboxylic acids is 2. The highest BCUT2D eigenvalue weighted by Crippen LogP contribution is 2.32. The van der Waals surface area contributed by atoms with Crippen LogP contribution >= 0.6 is 0 Å². The van der Waals surface area contributed by atoms with E-state index in [2.05, 4.69) is 10.4 Å². The van der Waals surface area contributed by atoms with E-state index in [1.807, 2.05) is 59.3 Å². The van der Waals surface area contributed by atoms with Crippen molar-refractivity contribution in [1.82, 2.24) is 15.1 Å². The summed E-state index contributed by atoms with van der Waals surface area (Å²) in [6.07, 6.45) is 2.35. The Hall–Kier alpha value is -3.61. The summed E-state index contributed by atoms with van der Waals surface area (Å²) >= 11 is 0. The standard InChI is InChI=1S/C25H25N3O4/c1-16(24(29)26-20-14-15-31-22-13-6-5-10-18(20)22)32-25(30)23-19-11-7-12-21(19)28(27-23)17-8-3-2-4-9-17/h2-6,8-10,13,16,20H,7,11-12,14-15H2,1H3,(H,26,29). The molecule has 0 saturated heterocycles. The Balaban J connectivity index is 1.30. The fraction of sp³-hybridized carbons (Fsp3) is 0.320. The van der Waals surface area contributed by atoms with E-state index >= 15 is 0 Å². The smallest absolute Gasteiger partial charge is 0.359 e. The van der Waals surface area contributed by atoms with Gasteiger partial charge in [-0.05, 0) is 44.4 Å². The number of fused-ring (bicyclic) bond motifs is 2. The number of carbonyl (C=O) groups is 2. The summed E-state index contributed by atoms with van der Waals surface area (Å²) in [6.45, 7) is 2.12. The number of hydrogen-bond donors (Lipinski definition) is 1. The van der Waals surface area contributed by atoms with E-state index in [9.17, 15) is 9.59 Å². The number of esters is 1. The van der Waals surface area contributed by atoms with Gasteiger partial charge in [-0.3, -0.25) is 4.79 Å². The highest BCUT2D eigenvalue weighted by atomic mass is 16.5. The molecule has 3 aromatic rings. The van der Waals surface area contributed by atoms with Crippen LogP contribution in [0.1, 0.15) is 53.1 Å². The minimum Gasteiger partial charge on any atom is -0.493 e. The molecule has 164 valence electrons.